The van der Waals surface area contributed by atoms with Gasteiger partial charge in [0.1, 0.15) is 11.5 Å². The van der Waals surface area contributed by atoms with Gasteiger partial charge < -0.3 is 5.11 Å². The molecule has 1 N–H and O–H groups in total. The molecule has 124 valence electrons. The predicted octanol–water partition coefficient (Wildman–Crippen LogP) is 4.54. The van der Waals surface area contributed by atoms with Crippen LogP contribution in [0.2, 0.25) is 5.02 Å². The van der Waals surface area contributed by atoms with Crippen LogP contribution in [0.5, 0.6) is 0 Å². The number of hydrogen-bond donors (Lipinski definition) is 1. The van der Waals surface area contributed by atoms with Crippen molar-refractivity contribution in [3.05, 3.63) is 70.6 Å². The monoisotopic (exact) mass is 355 g/mol. The third kappa shape index (κ3) is 3.70. The van der Waals surface area contributed by atoms with Crippen molar-refractivity contribution in [2.45, 2.75) is 0 Å². The maximum Gasteiger partial charge on any atom is 0.358 e. The number of allylic oxidation sites excluding steroid dienone is 1. The van der Waals surface area contributed by atoms with E-state index in [1.165, 1.54) is 12.3 Å². The summed E-state index contributed by atoms with van der Waals surface area (Å²) in [6.07, 6.45) is 4.88. The Labute approximate surface area is 147 Å². The molecule has 1 heterocycles. The van der Waals surface area contributed by atoms with Gasteiger partial charge >= 0.3 is 5.97 Å². The quantitative estimate of drug-likeness (QED) is 0.697. The van der Waals surface area contributed by atoms with E-state index in [1.807, 2.05) is 30.3 Å². The molecule has 5 nitrogen and oxygen atoms in total. The fraction of sp³-hybridized carbons (Fsp3) is 0. The van der Waals surface area contributed by atoms with Crippen LogP contribution in [0.3, 0.4) is 0 Å². The number of aliphatic imine (C=N–C) groups is 1. The Morgan fingerprint density at radius 1 is 1.20 bits per heavy atom. The zero-order chi connectivity index (χ0) is 17.8. The summed E-state index contributed by atoms with van der Waals surface area (Å²) in [5.41, 5.74) is 0.878. The Hall–Kier alpha value is -3.12. The molecule has 0 bridgehead atoms. The first-order valence-corrected chi connectivity index (χ1v) is 7.58. The molecule has 3 aromatic rings. The number of aromatic nitrogens is 2. The lowest BCUT2D eigenvalue weighted by Crippen LogP contribution is -2.03. The molecule has 0 aliphatic carbocycles. The van der Waals surface area contributed by atoms with Crippen LogP contribution in [-0.4, -0.2) is 27.5 Å². The molecule has 1 aromatic heterocycles. The molecule has 0 saturated heterocycles. The van der Waals surface area contributed by atoms with Gasteiger partial charge in [-0.15, -0.1) is 10.2 Å². The minimum Gasteiger partial charge on any atom is -0.476 e. The number of nitrogens with zero attached hydrogens (tertiary/aromatic N) is 3. The lowest BCUT2D eigenvalue weighted by atomic mass is 10.1. The van der Waals surface area contributed by atoms with Crippen molar-refractivity contribution in [3.63, 3.8) is 0 Å². The van der Waals surface area contributed by atoms with Crippen molar-refractivity contribution in [3.8, 4) is 0 Å². The molecule has 2 aromatic carbocycles. The summed E-state index contributed by atoms with van der Waals surface area (Å²) in [6, 6.07) is 11.9. The van der Waals surface area contributed by atoms with Gasteiger partial charge in [0.15, 0.2) is 5.69 Å². The number of carboxylic acid groups (broad SMARTS) is 1. The van der Waals surface area contributed by atoms with Crippen LogP contribution in [0.15, 0.2) is 53.5 Å². The van der Waals surface area contributed by atoms with Gasteiger partial charge in [0.25, 0.3) is 0 Å². The minimum absolute atomic E-state index is 0.0192. The zero-order valence-electron chi connectivity index (χ0n) is 12.7. The normalized spacial score (nSPS) is 11.6. The largest absolute Gasteiger partial charge is 0.476 e. The lowest BCUT2D eigenvalue weighted by Gasteiger charge is -2.05. The first-order chi connectivity index (χ1) is 12.1. The zero-order valence-corrected chi connectivity index (χ0v) is 13.5. The number of carbonyl (C=O) groups is 1. The van der Waals surface area contributed by atoms with Crippen molar-refractivity contribution in [1.29, 1.82) is 0 Å². The van der Waals surface area contributed by atoms with Gasteiger partial charge in [0.2, 0.25) is 0 Å². The Bertz CT molecular complexity index is 1000. The van der Waals surface area contributed by atoms with Crippen LogP contribution >= 0.6 is 11.6 Å². The molecule has 0 saturated carbocycles. The Morgan fingerprint density at radius 2 is 1.96 bits per heavy atom. The summed E-state index contributed by atoms with van der Waals surface area (Å²) in [6.45, 7) is 0. The molecule has 0 atom stereocenters. The summed E-state index contributed by atoms with van der Waals surface area (Å²) in [4.78, 5) is 15.5. The van der Waals surface area contributed by atoms with Gasteiger partial charge in [-0.05, 0) is 23.8 Å². The molecule has 3 rings (SSSR count). The molecule has 7 heteroatoms. The minimum atomic E-state index is -1.30. The second-order valence-corrected chi connectivity index (χ2v) is 5.44. The van der Waals surface area contributed by atoms with E-state index in [2.05, 4.69) is 15.2 Å². The predicted molar refractivity (Wildman–Crippen MR) is 95.1 cm³/mol. The van der Waals surface area contributed by atoms with E-state index >= 15 is 0 Å². The second kappa shape index (κ2) is 7.19. The number of fused-ring (bicyclic) bond motifs is 1. The molecule has 0 radical (unpaired) electrons. The molecule has 0 unspecified atom stereocenters. The van der Waals surface area contributed by atoms with Gasteiger partial charge in [-0.1, -0.05) is 48.0 Å². The van der Waals surface area contributed by atoms with Crippen LogP contribution in [0.1, 0.15) is 16.1 Å². The molecule has 25 heavy (non-hydrogen) atoms. The van der Waals surface area contributed by atoms with E-state index in [4.69, 9.17) is 11.6 Å². The lowest BCUT2D eigenvalue weighted by molar-refractivity contribution is 0.0690. The number of halogens is 2. The molecular formula is C18H11ClFN3O2. The van der Waals surface area contributed by atoms with E-state index in [1.54, 1.807) is 12.2 Å². The van der Waals surface area contributed by atoms with Crippen LogP contribution in [-0.2, 0) is 0 Å². The van der Waals surface area contributed by atoms with E-state index in [9.17, 15) is 14.3 Å². The Kier molecular flexibility index (Phi) is 4.81. The van der Waals surface area contributed by atoms with E-state index in [0.29, 0.717) is 0 Å². The fourth-order valence-electron chi connectivity index (χ4n) is 2.20. The first-order valence-electron chi connectivity index (χ1n) is 7.21. The van der Waals surface area contributed by atoms with Gasteiger partial charge in [-0.25, -0.2) is 9.18 Å². The van der Waals surface area contributed by atoms with E-state index in [0.717, 1.165) is 11.6 Å². The average molecular weight is 356 g/mol. The number of carboxylic acids is 1. The standard InChI is InChI=1S/C18H11ClFN3O2/c19-13-10-15-12(9-14(13)20)16(17(18(24)25)23-22-15)21-8-4-7-11-5-2-1-3-6-11/h1-10H,(H,24,25)/b7-4+,21-8?. The third-order valence-electron chi connectivity index (χ3n) is 3.36. The average Bonchev–Trinajstić information content (AvgIpc) is 2.60. The van der Waals surface area contributed by atoms with Crippen molar-refractivity contribution < 1.29 is 14.3 Å². The van der Waals surface area contributed by atoms with Crippen molar-refractivity contribution in [2.24, 2.45) is 4.99 Å². The van der Waals surface area contributed by atoms with E-state index < -0.39 is 11.8 Å². The summed E-state index contributed by atoms with van der Waals surface area (Å²) >= 11 is 5.73. The SMILES string of the molecule is O=C(O)c1nnc2cc(Cl)c(F)cc2c1N=C/C=C/c1ccccc1. The smallest absolute Gasteiger partial charge is 0.358 e. The number of rotatable bonds is 4. The van der Waals surface area contributed by atoms with Crippen LogP contribution < -0.4 is 0 Å². The Morgan fingerprint density at radius 3 is 2.68 bits per heavy atom. The summed E-state index contributed by atoms with van der Waals surface area (Å²) in [5.74, 6) is -1.99. The highest BCUT2D eigenvalue weighted by Crippen LogP contribution is 2.30. The maximum atomic E-state index is 13.8. The maximum absolute atomic E-state index is 13.8. The second-order valence-electron chi connectivity index (χ2n) is 5.03. The molecular weight excluding hydrogens is 345 g/mol. The van der Waals surface area contributed by atoms with Crippen LogP contribution in [0.4, 0.5) is 10.1 Å². The molecule has 0 aliphatic rings. The molecule has 0 fully saturated rings. The molecule has 0 spiro atoms. The summed E-state index contributed by atoms with van der Waals surface area (Å²) in [7, 11) is 0. The number of benzene rings is 2. The fourth-order valence-corrected chi connectivity index (χ4v) is 2.36. The number of aromatic carboxylic acids is 1. The van der Waals surface area contributed by atoms with Crippen LogP contribution in [0, 0.1) is 5.82 Å². The van der Waals surface area contributed by atoms with Crippen LogP contribution in [0.25, 0.3) is 17.0 Å². The highest BCUT2D eigenvalue weighted by atomic mass is 35.5. The third-order valence-corrected chi connectivity index (χ3v) is 3.65. The van der Waals surface area contributed by atoms with Gasteiger partial charge in [-0.3, -0.25) is 4.99 Å². The van der Waals surface area contributed by atoms with Gasteiger partial charge in [-0.2, -0.15) is 0 Å². The first kappa shape index (κ1) is 16.7. The molecule has 0 amide bonds. The van der Waals surface area contributed by atoms with Crippen molar-refractivity contribution >= 4 is 46.5 Å². The van der Waals surface area contributed by atoms with Crippen molar-refractivity contribution in [1.82, 2.24) is 10.2 Å². The highest BCUT2D eigenvalue weighted by molar-refractivity contribution is 6.31. The summed E-state index contributed by atoms with van der Waals surface area (Å²) < 4.78 is 13.8. The number of hydrogen-bond acceptors (Lipinski definition) is 4. The van der Waals surface area contributed by atoms with Gasteiger partial charge in [0.05, 0.1) is 10.5 Å². The summed E-state index contributed by atoms with van der Waals surface area (Å²) in [5, 5.41) is 16.8. The highest BCUT2D eigenvalue weighted by Gasteiger charge is 2.17. The Balaban J connectivity index is 2.05. The topological polar surface area (TPSA) is 75.4 Å². The van der Waals surface area contributed by atoms with E-state index in [-0.39, 0.29) is 27.3 Å². The van der Waals surface area contributed by atoms with Gasteiger partial charge in [0, 0.05) is 11.6 Å². The molecule has 0 aliphatic heterocycles. The van der Waals surface area contributed by atoms with Crippen molar-refractivity contribution in [2.75, 3.05) is 0 Å².